The van der Waals surface area contributed by atoms with Crippen molar-refractivity contribution < 1.29 is 19.7 Å². The maximum atomic E-state index is 10.2. The molecule has 4 aliphatic carbocycles. The number of aromatic hydroxyl groups is 2. The summed E-state index contributed by atoms with van der Waals surface area (Å²) in [6, 6.07) is 12.0. The van der Waals surface area contributed by atoms with Gasteiger partial charge in [-0.25, -0.2) is 0 Å². The lowest BCUT2D eigenvalue weighted by atomic mass is 9.41. The molecule has 160 valence electrons. The summed E-state index contributed by atoms with van der Waals surface area (Å²) < 4.78 is 11.4. The largest absolute Gasteiger partial charge is 0.504 e. The van der Waals surface area contributed by atoms with Gasteiger partial charge in [0.15, 0.2) is 23.0 Å². The highest BCUT2D eigenvalue weighted by atomic mass is 16.5. The lowest BCUT2D eigenvalue weighted by Crippen LogP contribution is -2.55. The number of ether oxygens (including phenoxy) is 2. The molecule has 0 radical (unpaired) electrons. The molecule has 0 amide bonds. The van der Waals surface area contributed by atoms with Crippen LogP contribution < -0.4 is 9.47 Å². The van der Waals surface area contributed by atoms with Gasteiger partial charge in [-0.1, -0.05) is 12.1 Å². The Kier molecular flexibility index (Phi) is 4.64. The summed E-state index contributed by atoms with van der Waals surface area (Å²) in [5, 5.41) is 20.4. The van der Waals surface area contributed by atoms with Crippen LogP contribution in [-0.4, -0.2) is 23.4 Å². The summed E-state index contributed by atoms with van der Waals surface area (Å²) in [7, 11) is 0. The Morgan fingerprint density at radius 3 is 1.60 bits per heavy atom. The Bertz CT molecular complexity index is 863. The molecule has 4 bridgehead atoms. The fraction of sp³-hybridized carbons (Fsp3) is 0.538. The molecule has 2 aromatic rings. The maximum absolute atomic E-state index is 10.2. The second kappa shape index (κ2) is 7.11. The Hall–Kier alpha value is -2.36. The highest BCUT2D eigenvalue weighted by molar-refractivity contribution is 5.49. The topological polar surface area (TPSA) is 58.9 Å². The molecule has 0 atom stereocenters. The van der Waals surface area contributed by atoms with Gasteiger partial charge in [0.1, 0.15) is 0 Å². The van der Waals surface area contributed by atoms with Crippen molar-refractivity contribution in [2.75, 3.05) is 13.2 Å². The van der Waals surface area contributed by atoms with Crippen LogP contribution in [0.5, 0.6) is 23.0 Å². The van der Waals surface area contributed by atoms with Crippen LogP contribution in [0.1, 0.15) is 63.5 Å². The molecular formula is C26H32O4. The lowest BCUT2D eigenvalue weighted by molar-refractivity contribution is -0.0283. The average Bonchev–Trinajstić information content (AvgIpc) is 2.70. The van der Waals surface area contributed by atoms with E-state index in [2.05, 4.69) is 24.3 Å². The Labute approximate surface area is 178 Å². The van der Waals surface area contributed by atoms with Gasteiger partial charge in [-0.15, -0.1) is 0 Å². The van der Waals surface area contributed by atoms with Gasteiger partial charge < -0.3 is 19.7 Å². The zero-order chi connectivity index (χ0) is 20.9. The summed E-state index contributed by atoms with van der Waals surface area (Å²) in [4.78, 5) is 0. The van der Waals surface area contributed by atoms with E-state index >= 15 is 0 Å². The van der Waals surface area contributed by atoms with Gasteiger partial charge >= 0.3 is 0 Å². The summed E-state index contributed by atoms with van der Waals surface area (Å²) in [5.41, 5.74) is 2.89. The van der Waals surface area contributed by atoms with Crippen LogP contribution in [0.15, 0.2) is 36.4 Å². The molecule has 6 rings (SSSR count). The summed E-state index contributed by atoms with van der Waals surface area (Å²) in [6.45, 7) is 5.00. The molecule has 4 aliphatic rings. The minimum absolute atomic E-state index is 0.132. The predicted octanol–water partition coefficient (Wildman–Crippen LogP) is 5.68. The number of phenolic OH excluding ortho intramolecular Hbond substituents is 2. The van der Waals surface area contributed by atoms with Crippen molar-refractivity contribution in [1.29, 1.82) is 0 Å². The molecule has 0 aromatic heterocycles. The third-order valence-corrected chi connectivity index (χ3v) is 7.81. The van der Waals surface area contributed by atoms with Crippen LogP contribution in [0.4, 0.5) is 0 Å². The molecule has 4 fully saturated rings. The van der Waals surface area contributed by atoms with E-state index in [1.54, 1.807) is 12.1 Å². The average molecular weight is 409 g/mol. The molecule has 0 unspecified atom stereocenters. The van der Waals surface area contributed by atoms with Gasteiger partial charge in [-0.3, -0.25) is 0 Å². The van der Waals surface area contributed by atoms with Gasteiger partial charge in [0.05, 0.1) is 13.2 Å². The summed E-state index contributed by atoms with van der Waals surface area (Å²) >= 11 is 0. The molecule has 0 heterocycles. The fourth-order valence-electron chi connectivity index (χ4n) is 7.17. The van der Waals surface area contributed by atoms with Crippen molar-refractivity contribution in [1.82, 2.24) is 0 Å². The molecule has 0 aliphatic heterocycles. The van der Waals surface area contributed by atoms with Gasteiger partial charge in [-0.2, -0.15) is 0 Å². The van der Waals surface area contributed by atoms with Crippen molar-refractivity contribution in [2.45, 2.75) is 63.2 Å². The molecule has 4 saturated carbocycles. The lowest BCUT2D eigenvalue weighted by Gasteiger charge is -2.62. The van der Waals surface area contributed by atoms with Gasteiger partial charge in [0.25, 0.3) is 0 Å². The quantitative estimate of drug-likeness (QED) is 0.645. The first-order chi connectivity index (χ1) is 14.5. The summed E-state index contributed by atoms with van der Waals surface area (Å²) in [5.74, 6) is 3.09. The van der Waals surface area contributed by atoms with Crippen molar-refractivity contribution in [2.24, 2.45) is 11.8 Å². The standard InChI is InChI=1S/C26H32O4/c1-3-29-23-10-19(5-7-21(23)27)25-12-17-9-18(13-25)15-26(14-17,16-25)20-6-8-22(28)24(11-20)30-4-2/h5-8,10-11,17-18,27-28H,3-4,9,12-16H2,1-2H3. The molecule has 30 heavy (non-hydrogen) atoms. The van der Waals surface area contributed by atoms with Crippen LogP contribution in [0, 0.1) is 11.8 Å². The minimum Gasteiger partial charge on any atom is -0.504 e. The number of hydrogen-bond acceptors (Lipinski definition) is 4. The van der Waals surface area contributed by atoms with E-state index < -0.39 is 0 Å². The third-order valence-electron chi connectivity index (χ3n) is 7.81. The SMILES string of the molecule is CCOc1cc(C23CC4CC(C2)CC(c2ccc(O)c(OCC)c2)(C4)C3)ccc1O. The number of benzene rings is 2. The van der Waals surface area contributed by atoms with Crippen LogP contribution in [-0.2, 0) is 10.8 Å². The van der Waals surface area contributed by atoms with Gasteiger partial charge in [0, 0.05) is 0 Å². The Morgan fingerprint density at radius 2 is 1.20 bits per heavy atom. The Morgan fingerprint density at radius 1 is 0.767 bits per heavy atom. The fourth-order valence-corrected chi connectivity index (χ4v) is 7.17. The van der Waals surface area contributed by atoms with E-state index in [0.29, 0.717) is 24.7 Å². The molecular weight excluding hydrogens is 376 g/mol. The van der Waals surface area contributed by atoms with Crippen LogP contribution in [0.3, 0.4) is 0 Å². The smallest absolute Gasteiger partial charge is 0.161 e. The normalized spacial score (nSPS) is 31.7. The Balaban J connectivity index is 1.56. The van der Waals surface area contributed by atoms with Crippen molar-refractivity contribution in [3.8, 4) is 23.0 Å². The van der Waals surface area contributed by atoms with Crippen molar-refractivity contribution >= 4 is 0 Å². The molecule has 0 saturated heterocycles. The van der Waals surface area contributed by atoms with Gasteiger partial charge in [-0.05, 0) is 110 Å². The first-order valence-corrected chi connectivity index (χ1v) is 11.4. The van der Waals surface area contributed by atoms with Crippen molar-refractivity contribution in [3.05, 3.63) is 47.5 Å². The molecule has 2 N–H and O–H groups in total. The van der Waals surface area contributed by atoms with E-state index in [4.69, 9.17) is 9.47 Å². The monoisotopic (exact) mass is 408 g/mol. The summed E-state index contributed by atoms with van der Waals surface area (Å²) in [6.07, 6.45) is 7.32. The molecule has 4 heteroatoms. The van der Waals surface area contributed by atoms with E-state index in [9.17, 15) is 10.2 Å². The molecule has 0 spiro atoms. The van der Waals surface area contributed by atoms with Crippen LogP contribution in [0.2, 0.25) is 0 Å². The number of hydrogen-bond donors (Lipinski definition) is 2. The number of phenols is 2. The highest BCUT2D eigenvalue weighted by Crippen LogP contribution is 2.66. The predicted molar refractivity (Wildman–Crippen MR) is 117 cm³/mol. The van der Waals surface area contributed by atoms with E-state index in [1.807, 2.05) is 13.8 Å². The maximum Gasteiger partial charge on any atom is 0.161 e. The number of rotatable bonds is 6. The molecule has 4 nitrogen and oxygen atoms in total. The molecule has 2 aromatic carbocycles. The van der Waals surface area contributed by atoms with E-state index in [0.717, 1.165) is 18.3 Å². The third kappa shape index (κ3) is 3.03. The zero-order valence-corrected chi connectivity index (χ0v) is 18.0. The highest BCUT2D eigenvalue weighted by Gasteiger charge is 2.58. The first kappa shape index (κ1) is 19.6. The van der Waals surface area contributed by atoms with E-state index in [-0.39, 0.29) is 22.3 Å². The van der Waals surface area contributed by atoms with Crippen LogP contribution in [0.25, 0.3) is 0 Å². The second-order valence-electron chi connectivity index (χ2n) is 9.75. The van der Waals surface area contributed by atoms with Crippen molar-refractivity contribution in [3.63, 3.8) is 0 Å². The zero-order valence-electron chi connectivity index (χ0n) is 18.0. The first-order valence-electron chi connectivity index (χ1n) is 11.4. The minimum atomic E-state index is 0.132. The van der Waals surface area contributed by atoms with Gasteiger partial charge in [0.2, 0.25) is 0 Å². The van der Waals surface area contributed by atoms with E-state index in [1.165, 1.54) is 43.2 Å². The second-order valence-corrected chi connectivity index (χ2v) is 9.75. The van der Waals surface area contributed by atoms with Crippen LogP contribution >= 0.6 is 0 Å².